The minimum absolute atomic E-state index is 0.256. The van der Waals surface area contributed by atoms with Crippen LogP contribution in [0.4, 0.5) is 0 Å². The molecule has 0 unspecified atom stereocenters. The third-order valence-corrected chi connectivity index (χ3v) is 6.94. The monoisotopic (exact) mass is 344 g/mol. The van der Waals surface area contributed by atoms with Crippen LogP contribution < -0.4 is 0 Å². The van der Waals surface area contributed by atoms with Crippen molar-refractivity contribution in [3.8, 4) is 6.07 Å². The number of piperidine rings is 1. The molecule has 6 nitrogen and oxygen atoms in total. The van der Waals surface area contributed by atoms with Crippen molar-refractivity contribution in [2.45, 2.75) is 37.0 Å². The Bertz CT molecular complexity index is 854. The molecule has 1 N–H and O–H groups in total. The number of aromatic amines is 1. The Hall–Kier alpha value is -2.17. The van der Waals surface area contributed by atoms with E-state index in [4.69, 9.17) is 0 Å². The maximum Gasteiger partial charge on any atom is 0.246 e. The largest absolute Gasteiger partial charge is 0.281 e. The van der Waals surface area contributed by atoms with E-state index in [1.54, 1.807) is 13.8 Å². The van der Waals surface area contributed by atoms with Crippen LogP contribution in [0.15, 0.2) is 35.2 Å². The van der Waals surface area contributed by atoms with Gasteiger partial charge in [-0.2, -0.15) is 14.7 Å². The highest BCUT2D eigenvalue weighted by Gasteiger charge is 2.41. The maximum absolute atomic E-state index is 12.9. The van der Waals surface area contributed by atoms with Crippen molar-refractivity contribution in [3.05, 3.63) is 47.3 Å². The van der Waals surface area contributed by atoms with Crippen molar-refractivity contribution in [2.24, 2.45) is 0 Å². The molecule has 1 aromatic heterocycles. The first kappa shape index (κ1) is 16.7. The van der Waals surface area contributed by atoms with Crippen LogP contribution in [0.1, 0.15) is 29.8 Å². The van der Waals surface area contributed by atoms with Gasteiger partial charge in [0, 0.05) is 13.1 Å². The SMILES string of the molecule is Cc1n[nH]c(C)c1S(=O)(=O)N1CCC(C#N)(c2ccccc2)CC1. The number of nitrogens with one attached hydrogen (secondary N) is 1. The predicted octanol–water partition coefficient (Wildman–Crippen LogP) is 2.27. The van der Waals surface area contributed by atoms with E-state index >= 15 is 0 Å². The normalized spacial score (nSPS) is 18.2. The molecule has 2 heterocycles. The summed E-state index contributed by atoms with van der Waals surface area (Å²) >= 11 is 0. The Kier molecular flexibility index (Phi) is 4.20. The summed E-state index contributed by atoms with van der Waals surface area (Å²) in [6, 6.07) is 12.0. The van der Waals surface area contributed by atoms with Gasteiger partial charge in [0.05, 0.1) is 22.9 Å². The van der Waals surface area contributed by atoms with Crippen molar-refractivity contribution in [1.82, 2.24) is 14.5 Å². The fourth-order valence-corrected chi connectivity index (χ4v) is 5.15. The number of H-pyrrole nitrogens is 1. The van der Waals surface area contributed by atoms with Gasteiger partial charge in [0.1, 0.15) is 4.90 Å². The summed E-state index contributed by atoms with van der Waals surface area (Å²) in [5.74, 6) is 0. The second-order valence-electron chi connectivity index (χ2n) is 6.23. The average molecular weight is 344 g/mol. The smallest absolute Gasteiger partial charge is 0.246 e. The van der Waals surface area contributed by atoms with Crippen molar-refractivity contribution in [3.63, 3.8) is 0 Å². The molecule has 24 heavy (non-hydrogen) atoms. The summed E-state index contributed by atoms with van der Waals surface area (Å²) in [6.07, 6.45) is 0.978. The van der Waals surface area contributed by atoms with Crippen LogP contribution in [-0.2, 0) is 15.4 Å². The number of aromatic nitrogens is 2. The second kappa shape index (κ2) is 6.04. The van der Waals surface area contributed by atoms with Gasteiger partial charge >= 0.3 is 0 Å². The maximum atomic E-state index is 12.9. The standard InChI is InChI=1S/C17H20N4O2S/c1-13-16(14(2)20-19-13)24(22,23)21-10-8-17(12-18,9-11-21)15-6-4-3-5-7-15/h3-7H,8-11H2,1-2H3,(H,19,20). The summed E-state index contributed by atoms with van der Waals surface area (Å²) < 4.78 is 27.3. The summed E-state index contributed by atoms with van der Waals surface area (Å²) in [4.78, 5) is 0.256. The first-order valence-electron chi connectivity index (χ1n) is 7.89. The number of aryl methyl sites for hydroxylation is 2. The molecule has 0 aliphatic carbocycles. The quantitative estimate of drug-likeness (QED) is 0.925. The van der Waals surface area contributed by atoms with Gasteiger partial charge in [-0.1, -0.05) is 30.3 Å². The van der Waals surface area contributed by atoms with Gasteiger partial charge < -0.3 is 0 Å². The Morgan fingerprint density at radius 2 is 1.83 bits per heavy atom. The number of sulfonamides is 1. The molecule has 0 bridgehead atoms. The van der Waals surface area contributed by atoms with Gasteiger partial charge in [0.25, 0.3) is 0 Å². The number of benzene rings is 1. The highest BCUT2D eigenvalue weighted by atomic mass is 32.2. The van der Waals surface area contributed by atoms with Crippen molar-refractivity contribution >= 4 is 10.0 Å². The molecule has 0 saturated carbocycles. The number of nitriles is 1. The highest BCUT2D eigenvalue weighted by molar-refractivity contribution is 7.89. The molecule has 0 atom stereocenters. The van der Waals surface area contributed by atoms with Gasteiger partial charge in [-0.3, -0.25) is 5.10 Å². The van der Waals surface area contributed by atoms with E-state index in [9.17, 15) is 13.7 Å². The zero-order chi connectivity index (χ0) is 17.4. The van der Waals surface area contributed by atoms with E-state index in [0.717, 1.165) is 5.56 Å². The average Bonchev–Trinajstić information content (AvgIpc) is 2.95. The van der Waals surface area contributed by atoms with E-state index in [1.807, 2.05) is 30.3 Å². The van der Waals surface area contributed by atoms with Crippen molar-refractivity contribution < 1.29 is 8.42 Å². The fraction of sp³-hybridized carbons (Fsp3) is 0.412. The summed E-state index contributed by atoms with van der Waals surface area (Å²) in [5.41, 5.74) is 1.37. The summed E-state index contributed by atoms with van der Waals surface area (Å²) in [6.45, 7) is 4.05. The lowest BCUT2D eigenvalue weighted by atomic mass is 9.74. The Morgan fingerprint density at radius 3 is 2.33 bits per heavy atom. The van der Waals surface area contributed by atoms with Crippen LogP contribution in [0, 0.1) is 25.2 Å². The van der Waals surface area contributed by atoms with Crippen LogP contribution in [0.3, 0.4) is 0 Å². The van der Waals surface area contributed by atoms with E-state index in [2.05, 4.69) is 16.3 Å². The second-order valence-corrected chi connectivity index (χ2v) is 8.10. The molecule has 0 radical (unpaired) electrons. The zero-order valence-electron chi connectivity index (χ0n) is 13.8. The molecule has 1 aromatic carbocycles. The van der Waals surface area contributed by atoms with Crippen LogP contribution in [0.5, 0.6) is 0 Å². The lowest BCUT2D eigenvalue weighted by Crippen LogP contribution is -2.44. The molecule has 126 valence electrons. The molecule has 0 spiro atoms. The molecular formula is C17H20N4O2S. The molecule has 1 aliphatic heterocycles. The Labute approximate surface area is 142 Å². The molecule has 0 amide bonds. The molecule has 1 fully saturated rings. The molecule has 7 heteroatoms. The summed E-state index contributed by atoms with van der Waals surface area (Å²) in [7, 11) is -3.59. The first-order valence-corrected chi connectivity index (χ1v) is 9.33. The highest BCUT2D eigenvalue weighted by Crippen LogP contribution is 2.37. The van der Waals surface area contributed by atoms with Gasteiger partial charge in [-0.15, -0.1) is 0 Å². The molecule has 1 saturated heterocycles. The lowest BCUT2D eigenvalue weighted by molar-refractivity contribution is 0.277. The molecular weight excluding hydrogens is 324 g/mol. The number of hydrogen-bond donors (Lipinski definition) is 1. The number of hydrogen-bond acceptors (Lipinski definition) is 4. The first-order chi connectivity index (χ1) is 11.4. The predicted molar refractivity (Wildman–Crippen MR) is 89.8 cm³/mol. The minimum atomic E-state index is -3.59. The van der Waals surface area contributed by atoms with Crippen LogP contribution in [-0.4, -0.2) is 36.0 Å². The number of rotatable bonds is 3. The zero-order valence-corrected chi connectivity index (χ0v) is 14.6. The third kappa shape index (κ3) is 2.62. The van der Waals surface area contributed by atoms with Crippen LogP contribution >= 0.6 is 0 Å². The number of nitrogens with zero attached hydrogens (tertiary/aromatic N) is 3. The van der Waals surface area contributed by atoms with Crippen molar-refractivity contribution in [2.75, 3.05) is 13.1 Å². The van der Waals surface area contributed by atoms with Crippen LogP contribution in [0.25, 0.3) is 0 Å². The molecule has 3 rings (SSSR count). The lowest BCUT2D eigenvalue weighted by Gasteiger charge is -2.36. The van der Waals surface area contributed by atoms with Gasteiger partial charge in [-0.25, -0.2) is 8.42 Å². The topological polar surface area (TPSA) is 89.8 Å². The van der Waals surface area contributed by atoms with Crippen molar-refractivity contribution in [1.29, 1.82) is 5.26 Å². The van der Waals surface area contributed by atoms with Crippen LogP contribution in [0.2, 0.25) is 0 Å². The third-order valence-electron chi connectivity index (χ3n) is 4.77. The summed E-state index contributed by atoms with van der Waals surface area (Å²) in [5, 5.41) is 16.4. The van der Waals surface area contributed by atoms with Gasteiger partial charge in [0.2, 0.25) is 10.0 Å². The minimum Gasteiger partial charge on any atom is -0.281 e. The fourth-order valence-electron chi connectivity index (χ4n) is 3.38. The van der Waals surface area contributed by atoms with Gasteiger partial charge in [0.15, 0.2) is 0 Å². The van der Waals surface area contributed by atoms with E-state index in [0.29, 0.717) is 37.3 Å². The molecule has 1 aliphatic rings. The van der Waals surface area contributed by atoms with E-state index < -0.39 is 15.4 Å². The van der Waals surface area contributed by atoms with E-state index in [1.165, 1.54) is 4.31 Å². The van der Waals surface area contributed by atoms with E-state index in [-0.39, 0.29) is 4.90 Å². The molecule has 2 aromatic rings. The van der Waals surface area contributed by atoms with Gasteiger partial charge in [-0.05, 0) is 32.3 Å². The Morgan fingerprint density at radius 1 is 1.21 bits per heavy atom. The Balaban J connectivity index is 1.86.